The van der Waals surface area contributed by atoms with Crippen LogP contribution in [0.1, 0.15) is 0 Å². The summed E-state index contributed by atoms with van der Waals surface area (Å²) in [6, 6.07) is 15.8. The van der Waals surface area contributed by atoms with Crippen molar-refractivity contribution in [1.29, 1.82) is 0 Å². The summed E-state index contributed by atoms with van der Waals surface area (Å²) < 4.78 is 20.0. The van der Waals surface area contributed by atoms with Gasteiger partial charge in [0.2, 0.25) is 5.91 Å². The molecule has 0 bridgehead atoms. The molecule has 3 aromatic carbocycles. The Kier molecular flexibility index (Phi) is 7.51. The molecular formula is C23H18ClFN4O3S2. The number of thioether (sulfide) groups is 1. The van der Waals surface area contributed by atoms with Crippen molar-refractivity contribution in [2.24, 2.45) is 0 Å². The first-order valence-corrected chi connectivity index (χ1v) is 12.1. The van der Waals surface area contributed by atoms with Crippen LogP contribution in [-0.4, -0.2) is 29.8 Å². The molecular weight excluding hydrogens is 499 g/mol. The van der Waals surface area contributed by atoms with Gasteiger partial charge in [-0.15, -0.1) is 11.3 Å². The number of urea groups is 1. The molecule has 0 aliphatic rings. The predicted octanol–water partition coefficient (Wildman–Crippen LogP) is 6.47. The zero-order valence-electron chi connectivity index (χ0n) is 17.7. The monoisotopic (exact) mass is 516 g/mol. The highest BCUT2D eigenvalue weighted by atomic mass is 35.5. The van der Waals surface area contributed by atoms with Gasteiger partial charge < -0.3 is 20.7 Å². The Morgan fingerprint density at radius 2 is 1.68 bits per heavy atom. The number of aromatic nitrogens is 1. The van der Waals surface area contributed by atoms with Crippen LogP contribution in [0.25, 0.3) is 10.2 Å². The normalized spacial score (nSPS) is 10.7. The molecule has 0 fully saturated rings. The van der Waals surface area contributed by atoms with Gasteiger partial charge in [0.25, 0.3) is 0 Å². The van der Waals surface area contributed by atoms with E-state index >= 15 is 0 Å². The van der Waals surface area contributed by atoms with Gasteiger partial charge in [0.15, 0.2) is 4.34 Å². The molecule has 4 aromatic rings. The predicted molar refractivity (Wildman–Crippen MR) is 136 cm³/mol. The minimum atomic E-state index is -0.560. The Morgan fingerprint density at radius 1 is 1.00 bits per heavy atom. The number of rotatable bonds is 7. The molecule has 7 nitrogen and oxygen atoms in total. The molecule has 0 saturated heterocycles. The summed E-state index contributed by atoms with van der Waals surface area (Å²) in [5, 5.41) is 8.08. The number of anilines is 3. The molecule has 0 saturated carbocycles. The molecule has 0 aliphatic carbocycles. The van der Waals surface area contributed by atoms with Crippen molar-refractivity contribution in [3.8, 4) is 5.75 Å². The molecule has 0 radical (unpaired) electrons. The molecule has 11 heteroatoms. The van der Waals surface area contributed by atoms with Crippen LogP contribution in [0, 0.1) is 5.82 Å². The van der Waals surface area contributed by atoms with Crippen molar-refractivity contribution >= 4 is 73.9 Å². The van der Waals surface area contributed by atoms with E-state index in [0.29, 0.717) is 22.8 Å². The molecule has 1 aromatic heterocycles. The number of carbonyl (C=O) groups is 2. The number of nitrogens with one attached hydrogen (secondary N) is 3. The lowest BCUT2D eigenvalue weighted by atomic mass is 10.3. The highest BCUT2D eigenvalue weighted by Crippen LogP contribution is 2.31. The van der Waals surface area contributed by atoms with Crippen LogP contribution in [0.4, 0.5) is 26.2 Å². The molecule has 3 N–H and O–H groups in total. The van der Waals surface area contributed by atoms with Gasteiger partial charge in [-0.1, -0.05) is 23.4 Å². The number of benzene rings is 3. The number of hydrogen-bond donors (Lipinski definition) is 3. The van der Waals surface area contributed by atoms with Crippen LogP contribution < -0.4 is 20.7 Å². The van der Waals surface area contributed by atoms with Gasteiger partial charge in [-0.2, -0.15) is 0 Å². The number of ether oxygens (including phenoxy) is 1. The average molecular weight is 517 g/mol. The Labute approximate surface area is 207 Å². The maximum atomic E-state index is 13.3. The number of amides is 3. The molecule has 34 heavy (non-hydrogen) atoms. The average Bonchev–Trinajstić information content (AvgIpc) is 3.23. The number of carbonyl (C=O) groups excluding carboxylic acids is 2. The zero-order valence-corrected chi connectivity index (χ0v) is 20.1. The molecule has 1 heterocycles. The number of fused-ring (bicyclic) bond motifs is 1. The van der Waals surface area contributed by atoms with Crippen molar-refractivity contribution in [3.63, 3.8) is 0 Å². The maximum Gasteiger partial charge on any atom is 0.323 e. The van der Waals surface area contributed by atoms with Crippen LogP contribution in [0.2, 0.25) is 5.02 Å². The summed E-state index contributed by atoms with van der Waals surface area (Å²) in [6.45, 7) is 0. The van der Waals surface area contributed by atoms with E-state index < -0.39 is 11.8 Å². The minimum Gasteiger partial charge on any atom is -0.497 e. The molecule has 0 spiro atoms. The Morgan fingerprint density at radius 3 is 2.38 bits per heavy atom. The van der Waals surface area contributed by atoms with Crippen molar-refractivity contribution in [2.45, 2.75) is 4.34 Å². The number of thiazole rings is 1. The zero-order chi connectivity index (χ0) is 24.1. The number of halogens is 2. The van der Waals surface area contributed by atoms with Crippen molar-refractivity contribution in [2.75, 3.05) is 28.8 Å². The fourth-order valence-electron chi connectivity index (χ4n) is 2.91. The van der Waals surface area contributed by atoms with Gasteiger partial charge in [-0.05, 0) is 60.7 Å². The standard InChI is InChI=1S/C23H18ClFN4O3S2/c1-32-16-6-2-13(3-7-16)26-21(30)12-33-23-29-19-9-5-15(11-20(19)34-23)28-22(31)27-14-4-8-18(25)17(24)10-14/h2-11H,12H2,1H3,(H,26,30)(H2,27,28,31). The van der Waals surface area contributed by atoms with E-state index in [2.05, 4.69) is 20.9 Å². The summed E-state index contributed by atoms with van der Waals surface area (Å²) >= 11 is 8.49. The SMILES string of the molecule is COc1ccc(NC(=O)CSc2nc3ccc(NC(=O)Nc4ccc(F)c(Cl)c4)cc3s2)cc1. The van der Waals surface area contributed by atoms with Crippen LogP contribution in [-0.2, 0) is 4.79 Å². The van der Waals surface area contributed by atoms with E-state index in [1.54, 1.807) is 49.6 Å². The summed E-state index contributed by atoms with van der Waals surface area (Å²) in [7, 11) is 1.58. The Bertz CT molecular complexity index is 1350. The second kappa shape index (κ2) is 10.7. The third kappa shape index (κ3) is 6.16. The third-order valence-electron chi connectivity index (χ3n) is 4.50. The van der Waals surface area contributed by atoms with Crippen molar-refractivity contribution in [3.05, 3.63) is 71.5 Å². The highest BCUT2D eigenvalue weighted by Gasteiger charge is 2.11. The van der Waals surface area contributed by atoms with E-state index in [1.807, 2.05) is 0 Å². The summed E-state index contributed by atoms with van der Waals surface area (Å²) in [4.78, 5) is 29.0. The van der Waals surface area contributed by atoms with Gasteiger partial charge in [-0.3, -0.25) is 4.79 Å². The Balaban J connectivity index is 1.33. The topological polar surface area (TPSA) is 92.3 Å². The lowest BCUT2D eigenvalue weighted by molar-refractivity contribution is -0.113. The van der Waals surface area contributed by atoms with Gasteiger partial charge in [0.1, 0.15) is 11.6 Å². The summed E-state index contributed by atoms with van der Waals surface area (Å²) in [5.41, 5.74) is 2.39. The van der Waals surface area contributed by atoms with Crippen LogP contribution in [0.3, 0.4) is 0 Å². The number of nitrogens with zero attached hydrogens (tertiary/aromatic N) is 1. The van der Waals surface area contributed by atoms with Crippen LogP contribution >= 0.6 is 34.7 Å². The Hall–Kier alpha value is -3.34. The molecule has 4 rings (SSSR count). The molecule has 174 valence electrons. The van der Waals surface area contributed by atoms with Gasteiger partial charge in [0, 0.05) is 17.1 Å². The van der Waals surface area contributed by atoms with Gasteiger partial charge in [0.05, 0.1) is 28.1 Å². The summed E-state index contributed by atoms with van der Waals surface area (Å²) in [6.07, 6.45) is 0. The van der Waals surface area contributed by atoms with Crippen LogP contribution in [0.15, 0.2) is 65.0 Å². The first-order valence-electron chi connectivity index (χ1n) is 9.90. The number of hydrogen-bond acceptors (Lipinski definition) is 6. The van der Waals surface area contributed by atoms with E-state index in [1.165, 1.54) is 41.3 Å². The van der Waals surface area contributed by atoms with E-state index in [9.17, 15) is 14.0 Å². The molecule has 0 aliphatic heterocycles. The second-order valence-corrected chi connectivity index (χ2v) is 9.60. The quantitative estimate of drug-likeness (QED) is 0.245. The second-order valence-electron chi connectivity index (χ2n) is 6.94. The number of methoxy groups -OCH3 is 1. The maximum absolute atomic E-state index is 13.3. The largest absolute Gasteiger partial charge is 0.497 e. The van der Waals surface area contributed by atoms with E-state index in [0.717, 1.165) is 14.6 Å². The summed E-state index contributed by atoms with van der Waals surface area (Å²) in [5.74, 6) is 0.220. The fraction of sp³-hybridized carbons (Fsp3) is 0.0870. The molecule has 3 amide bonds. The highest BCUT2D eigenvalue weighted by molar-refractivity contribution is 8.01. The molecule has 0 unspecified atom stereocenters. The fourth-order valence-corrected chi connectivity index (χ4v) is 5.00. The van der Waals surface area contributed by atoms with Crippen molar-refractivity contribution in [1.82, 2.24) is 4.98 Å². The van der Waals surface area contributed by atoms with Crippen LogP contribution in [0.5, 0.6) is 5.75 Å². The van der Waals surface area contributed by atoms with Crippen molar-refractivity contribution < 1.29 is 18.7 Å². The third-order valence-corrected chi connectivity index (χ3v) is 6.96. The first-order chi connectivity index (χ1) is 16.4. The van der Waals surface area contributed by atoms with Gasteiger partial charge >= 0.3 is 6.03 Å². The smallest absolute Gasteiger partial charge is 0.323 e. The minimum absolute atomic E-state index is 0.0772. The first kappa shape index (κ1) is 23.8. The van der Waals surface area contributed by atoms with Gasteiger partial charge in [-0.25, -0.2) is 14.2 Å². The molecule has 0 atom stereocenters. The lowest BCUT2D eigenvalue weighted by Crippen LogP contribution is -2.19. The van der Waals surface area contributed by atoms with E-state index in [-0.39, 0.29) is 16.7 Å². The van der Waals surface area contributed by atoms with E-state index in [4.69, 9.17) is 16.3 Å². The lowest BCUT2D eigenvalue weighted by Gasteiger charge is -2.08.